The summed E-state index contributed by atoms with van der Waals surface area (Å²) in [6.07, 6.45) is 0.155. The highest BCUT2D eigenvalue weighted by Crippen LogP contribution is 2.34. The standard InChI is InChI=1S/C26H28N2O6S/c1-17(2)19-9-11-23(32-3)25(14-19)35(30,31)28-21(13-18-7-5-4-6-8-18)26(29)27-20-10-12-22-24(15-20)34-16-33-22/h4-12,14-15,17,21,28H,13,16H2,1-3H3,(H,27,29). The normalized spacial score (nSPS) is 13.5. The van der Waals surface area contributed by atoms with Gasteiger partial charge in [0.15, 0.2) is 11.5 Å². The van der Waals surface area contributed by atoms with Crippen molar-refractivity contribution in [1.82, 2.24) is 4.72 Å². The molecule has 0 spiro atoms. The fourth-order valence-corrected chi connectivity index (χ4v) is 5.15. The van der Waals surface area contributed by atoms with Gasteiger partial charge < -0.3 is 19.5 Å². The van der Waals surface area contributed by atoms with Crippen LogP contribution in [0.1, 0.15) is 30.9 Å². The number of amides is 1. The van der Waals surface area contributed by atoms with Crippen LogP contribution >= 0.6 is 0 Å². The van der Waals surface area contributed by atoms with Crippen LogP contribution in [0.15, 0.2) is 71.6 Å². The molecule has 0 aliphatic carbocycles. The van der Waals surface area contributed by atoms with Gasteiger partial charge in [0, 0.05) is 11.8 Å². The zero-order valence-electron chi connectivity index (χ0n) is 19.8. The number of hydrogen-bond donors (Lipinski definition) is 2. The smallest absolute Gasteiger partial charge is 0.245 e. The maximum atomic E-state index is 13.5. The molecule has 8 nitrogen and oxygen atoms in total. The number of methoxy groups -OCH3 is 1. The van der Waals surface area contributed by atoms with E-state index in [1.807, 2.05) is 50.2 Å². The number of carbonyl (C=O) groups is 1. The summed E-state index contributed by atoms with van der Waals surface area (Å²) in [7, 11) is -2.69. The number of sulfonamides is 1. The van der Waals surface area contributed by atoms with E-state index in [-0.39, 0.29) is 29.8 Å². The van der Waals surface area contributed by atoms with Gasteiger partial charge in [0.1, 0.15) is 16.7 Å². The molecule has 184 valence electrons. The Kier molecular flexibility index (Phi) is 7.28. The van der Waals surface area contributed by atoms with Gasteiger partial charge in [-0.1, -0.05) is 50.2 Å². The molecule has 1 aliphatic rings. The largest absolute Gasteiger partial charge is 0.495 e. The van der Waals surface area contributed by atoms with E-state index in [1.54, 1.807) is 30.3 Å². The molecular weight excluding hydrogens is 468 g/mol. The minimum absolute atomic E-state index is 0.0138. The highest BCUT2D eigenvalue weighted by molar-refractivity contribution is 7.89. The van der Waals surface area contributed by atoms with Gasteiger partial charge >= 0.3 is 0 Å². The number of fused-ring (bicyclic) bond motifs is 1. The van der Waals surface area contributed by atoms with E-state index in [0.717, 1.165) is 11.1 Å². The Morgan fingerprint density at radius 3 is 2.46 bits per heavy atom. The number of carbonyl (C=O) groups excluding carboxylic acids is 1. The summed E-state index contributed by atoms with van der Waals surface area (Å²) in [5, 5.41) is 2.79. The second-order valence-corrected chi connectivity index (χ2v) is 10.2. The molecule has 3 aromatic rings. The predicted octanol–water partition coefficient (Wildman–Crippen LogP) is 4.08. The topological polar surface area (TPSA) is 103 Å². The van der Waals surface area contributed by atoms with Crippen molar-refractivity contribution in [1.29, 1.82) is 0 Å². The molecule has 4 rings (SSSR count). The summed E-state index contributed by atoms with van der Waals surface area (Å²) in [5.41, 5.74) is 2.12. The lowest BCUT2D eigenvalue weighted by Gasteiger charge is -2.20. The molecule has 9 heteroatoms. The van der Waals surface area contributed by atoms with E-state index in [2.05, 4.69) is 10.0 Å². The Bertz CT molecular complexity index is 1310. The third-order valence-corrected chi connectivity index (χ3v) is 7.17. The van der Waals surface area contributed by atoms with Crippen LogP contribution in [0.3, 0.4) is 0 Å². The van der Waals surface area contributed by atoms with E-state index in [0.29, 0.717) is 17.2 Å². The van der Waals surface area contributed by atoms with Crippen LogP contribution in [-0.4, -0.2) is 34.3 Å². The Morgan fingerprint density at radius 1 is 1.00 bits per heavy atom. The highest BCUT2D eigenvalue weighted by atomic mass is 32.2. The van der Waals surface area contributed by atoms with Crippen molar-refractivity contribution < 1.29 is 27.4 Å². The van der Waals surface area contributed by atoms with Gasteiger partial charge in [0.2, 0.25) is 22.7 Å². The summed E-state index contributed by atoms with van der Waals surface area (Å²) >= 11 is 0. The second kappa shape index (κ2) is 10.4. The van der Waals surface area contributed by atoms with Crippen molar-refractivity contribution in [2.75, 3.05) is 19.2 Å². The zero-order valence-corrected chi connectivity index (χ0v) is 20.6. The summed E-state index contributed by atoms with van der Waals surface area (Å²) in [6.45, 7) is 4.06. The van der Waals surface area contributed by atoms with Crippen LogP contribution in [0.5, 0.6) is 17.2 Å². The van der Waals surface area contributed by atoms with Crippen LogP contribution in [0.4, 0.5) is 5.69 Å². The fourth-order valence-electron chi connectivity index (χ4n) is 3.75. The molecule has 35 heavy (non-hydrogen) atoms. The molecule has 1 atom stereocenters. The van der Waals surface area contributed by atoms with Gasteiger partial charge in [-0.3, -0.25) is 4.79 Å². The summed E-state index contributed by atoms with van der Waals surface area (Å²) in [4.78, 5) is 13.3. The molecule has 1 unspecified atom stereocenters. The third kappa shape index (κ3) is 5.75. The lowest BCUT2D eigenvalue weighted by molar-refractivity contribution is -0.117. The second-order valence-electron chi connectivity index (χ2n) is 8.49. The molecule has 0 radical (unpaired) electrons. The van der Waals surface area contributed by atoms with Crippen molar-refractivity contribution in [2.45, 2.75) is 37.1 Å². The predicted molar refractivity (Wildman–Crippen MR) is 133 cm³/mol. The maximum absolute atomic E-state index is 13.5. The molecule has 0 bridgehead atoms. The number of anilines is 1. The van der Waals surface area contributed by atoms with Crippen molar-refractivity contribution >= 4 is 21.6 Å². The molecule has 1 aliphatic heterocycles. The van der Waals surface area contributed by atoms with Crippen molar-refractivity contribution in [3.63, 3.8) is 0 Å². The van der Waals surface area contributed by atoms with Gasteiger partial charge in [-0.25, -0.2) is 8.42 Å². The Hall–Kier alpha value is -3.56. The minimum Gasteiger partial charge on any atom is -0.495 e. The minimum atomic E-state index is -4.11. The number of ether oxygens (including phenoxy) is 3. The van der Waals surface area contributed by atoms with Crippen LogP contribution in [0.2, 0.25) is 0 Å². The zero-order chi connectivity index (χ0) is 25.0. The fraction of sp³-hybridized carbons (Fsp3) is 0.269. The van der Waals surface area contributed by atoms with Gasteiger partial charge in [-0.15, -0.1) is 0 Å². The quantitative estimate of drug-likeness (QED) is 0.463. The van der Waals surface area contributed by atoms with E-state index < -0.39 is 22.0 Å². The van der Waals surface area contributed by atoms with Gasteiger partial charge in [0.05, 0.1) is 7.11 Å². The first-order chi connectivity index (χ1) is 16.8. The van der Waals surface area contributed by atoms with Gasteiger partial charge in [-0.2, -0.15) is 4.72 Å². The SMILES string of the molecule is COc1ccc(C(C)C)cc1S(=O)(=O)NC(Cc1ccccc1)C(=O)Nc1ccc2c(c1)OCO2. The molecule has 0 saturated heterocycles. The molecule has 1 heterocycles. The van der Waals surface area contributed by atoms with E-state index in [1.165, 1.54) is 7.11 Å². The Morgan fingerprint density at radius 2 is 1.74 bits per heavy atom. The van der Waals surface area contributed by atoms with Crippen LogP contribution in [-0.2, 0) is 21.2 Å². The molecule has 0 aromatic heterocycles. The Balaban J connectivity index is 1.64. The van der Waals surface area contributed by atoms with Crippen LogP contribution in [0, 0.1) is 0 Å². The summed E-state index contributed by atoms with van der Waals surface area (Å²) < 4.78 is 45.6. The third-order valence-electron chi connectivity index (χ3n) is 5.68. The number of hydrogen-bond acceptors (Lipinski definition) is 6. The average Bonchev–Trinajstić information content (AvgIpc) is 3.31. The molecule has 0 saturated carbocycles. The number of benzene rings is 3. The number of rotatable bonds is 9. The summed E-state index contributed by atoms with van der Waals surface area (Å²) in [5.74, 6) is 0.913. The first-order valence-corrected chi connectivity index (χ1v) is 12.7. The lowest BCUT2D eigenvalue weighted by Crippen LogP contribution is -2.45. The molecule has 0 fully saturated rings. The van der Waals surface area contributed by atoms with Crippen LogP contribution in [0.25, 0.3) is 0 Å². The molecule has 1 amide bonds. The highest BCUT2D eigenvalue weighted by Gasteiger charge is 2.29. The van der Waals surface area contributed by atoms with E-state index in [9.17, 15) is 13.2 Å². The molecule has 2 N–H and O–H groups in total. The van der Waals surface area contributed by atoms with E-state index >= 15 is 0 Å². The first kappa shape index (κ1) is 24.6. The monoisotopic (exact) mass is 496 g/mol. The molecule has 3 aromatic carbocycles. The van der Waals surface area contributed by atoms with Crippen LogP contribution < -0.4 is 24.2 Å². The summed E-state index contributed by atoms with van der Waals surface area (Å²) in [6, 6.07) is 18.2. The number of nitrogens with one attached hydrogen (secondary N) is 2. The van der Waals surface area contributed by atoms with Crippen molar-refractivity contribution in [3.8, 4) is 17.2 Å². The van der Waals surface area contributed by atoms with Crippen molar-refractivity contribution in [2.24, 2.45) is 0 Å². The van der Waals surface area contributed by atoms with Gasteiger partial charge in [0.25, 0.3) is 0 Å². The maximum Gasteiger partial charge on any atom is 0.245 e. The van der Waals surface area contributed by atoms with Gasteiger partial charge in [-0.05, 0) is 47.7 Å². The van der Waals surface area contributed by atoms with Crippen molar-refractivity contribution in [3.05, 3.63) is 77.9 Å². The first-order valence-electron chi connectivity index (χ1n) is 11.2. The average molecular weight is 497 g/mol. The lowest BCUT2D eigenvalue weighted by atomic mass is 10.0. The Labute approximate surface area is 205 Å². The molecular formula is C26H28N2O6S. The van der Waals surface area contributed by atoms with E-state index in [4.69, 9.17) is 14.2 Å².